The summed E-state index contributed by atoms with van der Waals surface area (Å²) in [6.07, 6.45) is 3.02. The monoisotopic (exact) mass is 227 g/mol. The maximum Gasteiger partial charge on any atom is 0.0562 e. The van der Waals surface area contributed by atoms with E-state index in [-0.39, 0.29) is 0 Å². The summed E-state index contributed by atoms with van der Waals surface area (Å²) in [6, 6.07) is 11.2. The Morgan fingerprint density at radius 3 is 2.82 bits per heavy atom. The van der Waals surface area contributed by atoms with Crippen molar-refractivity contribution in [2.75, 3.05) is 7.05 Å². The molecule has 0 amide bonds. The van der Waals surface area contributed by atoms with Crippen LogP contribution in [0.1, 0.15) is 28.8 Å². The van der Waals surface area contributed by atoms with Gasteiger partial charge in [-0.05, 0) is 30.7 Å². The molecule has 17 heavy (non-hydrogen) atoms. The fourth-order valence-electron chi connectivity index (χ4n) is 2.84. The molecule has 1 aliphatic carbocycles. The van der Waals surface area contributed by atoms with Crippen molar-refractivity contribution in [2.24, 2.45) is 7.05 Å². The minimum Gasteiger partial charge on any atom is -0.311 e. The van der Waals surface area contributed by atoms with Crippen LogP contribution < -0.4 is 5.32 Å². The molecule has 0 saturated carbocycles. The van der Waals surface area contributed by atoms with Gasteiger partial charge in [0.25, 0.3) is 0 Å². The zero-order valence-corrected chi connectivity index (χ0v) is 10.2. The molecule has 1 N–H and O–H groups in total. The molecule has 3 rings (SSSR count). The number of hydrogen-bond acceptors (Lipinski definition) is 2. The van der Waals surface area contributed by atoms with Crippen LogP contribution >= 0.6 is 0 Å². The second kappa shape index (κ2) is 4.00. The lowest BCUT2D eigenvalue weighted by Crippen LogP contribution is -2.32. The Hall–Kier alpha value is -1.61. The largest absolute Gasteiger partial charge is 0.311 e. The molecule has 3 nitrogen and oxygen atoms in total. The molecule has 88 valence electrons. The van der Waals surface area contributed by atoms with E-state index >= 15 is 0 Å². The Morgan fingerprint density at radius 1 is 1.35 bits per heavy atom. The summed E-state index contributed by atoms with van der Waals surface area (Å²) >= 11 is 0. The molecule has 0 saturated heterocycles. The van der Waals surface area contributed by atoms with Crippen molar-refractivity contribution in [3.63, 3.8) is 0 Å². The number of nitrogens with one attached hydrogen (secondary N) is 1. The van der Waals surface area contributed by atoms with Gasteiger partial charge in [-0.1, -0.05) is 24.3 Å². The lowest BCUT2D eigenvalue weighted by Gasteiger charge is -2.36. The lowest BCUT2D eigenvalue weighted by molar-refractivity contribution is 0.415. The third kappa shape index (κ3) is 1.58. The van der Waals surface area contributed by atoms with Gasteiger partial charge in [0.15, 0.2) is 0 Å². The predicted molar refractivity (Wildman–Crippen MR) is 67.9 cm³/mol. The fourth-order valence-corrected chi connectivity index (χ4v) is 2.84. The van der Waals surface area contributed by atoms with E-state index in [1.807, 2.05) is 25.0 Å². The summed E-state index contributed by atoms with van der Waals surface area (Å²) in [7, 11) is 4.03. The first-order chi connectivity index (χ1) is 8.31. The Balaban J connectivity index is 1.93. The van der Waals surface area contributed by atoms with Gasteiger partial charge in [-0.2, -0.15) is 5.10 Å². The first-order valence-electron chi connectivity index (χ1n) is 6.04. The van der Waals surface area contributed by atoms with Gasteiger partial charge >= 0.3 is 0 Å². The SMILES string of the molecule is CNC(c1ccnn1C)C1Cc2ccccc21. The highest BCUT2D eigenvalue weighted by Crippen LogP contribution is 2.42. The number of nitrogens with zero attached hydrogens (tertiary/aromatic N) is 2. The lowest BCUT2D eigenvalue weighted by atomic mass is 9.72. The Kier molecular flexibility index (Phi) is 2.48. The van der Waals surface area contributed by atoms with Crippen LogP contribution in [-0.2, 0) is 13.5 Å². The van der Waals surface area contributed by atoms with Crippen LogP contribution in [0.25, 0.3) is 0 Å². The molecule has 0 fully saturated rings. The fraction of sp³-hybridized carbons (Fsp3) is 0.357. The molecule has 2 unspecified atom stereocenters. The zero-order valence-electron chi connectivity index (χ0n) is 10.2. The van der Waals surface area contributed by atoms with Gasteiger partial charge in [-0.25, -0.2) is 0 Å². The first kappa shape index (κ1) is 10.5. The summed E-state index contributed by atoms with van der Waals surface area (Å²) < 4.78 is 1.96. The molecular weight excluding hydrogens is 210 g/mol. The van der Waals surface area contributed by atoms with Crippen LogP contribution in [0, 0.1) is 0 Å². The average Bonchev–Trinajstić information content (AvgIpc) is 2.72. The van der Waals surface area contributed by atoms with E-state index in [4.69, 9.17) is 0 Å². The van der Waals surface area contributed by atoms with Crippen molar-refractivity contribution < 1.29 is 0 Å². The summed E-state index contributed by atoms with van der Waals surface area (Å²) in [6.45, 7) is 0. The highest BCUT2D eigenvalue weighted by atomic mass is 15.3. The van der Waals surface area contributed by atoms with Crippen LogP contribution in [0.5, 0.6) is 0 Å². The maximum atomic E-state index is 4.26. The van der Waals surface area contributed by atoms with Crippen LogP contribution in [0.15, 0.2) is 36.5 Å². The number of likely N-dealkylation sites (N-methyl/N-ethyl adjacent to an activating group) is 1. The quantitative estimate of drug-likeness (QED) is 0.869. The summed E-state index contributed by atoms with van der Waals surface area (Å²) in [5.41, 5.74) is 4.22. The van der Waals surface area contributed by atoms with Gasteiger partial charge in [-0.3, -0.25) is 4.68 Å². The van der Waals surface area contributed by atoms with E-state index in [0.29, 0.717) is 12.0 Å². The van der Waals surface area contributed by atoms with Crippen molar-refractivity contribution in [2.45, 2.75) is 18.4 Å². The Morgan fingerprint density at radius 2 is 2.18 bits per heavy atom. The predicted octanol–water partition coefficient (Wildman–Crippen LogP) is 2.02. The summed E-state index contributed by atoms with van der Waals surface area (Å²) in [4.78, 5) is 0. The number of rotatable bonds is 3. The Labute approximate surface area is 101 Å². The van der Waals surface area contributed by atoms with Crippen molar-refractivity contribution in [3.05, 3.63) is 53.3 Å². The molecule has 1 aromatic heterocycles. The topological polar surface area (TPSA) is 29.9 Å². The van der Waals surface area contributed by atoms with Crippen molar-refractivity contribution in [3.8, 4) is 0 Å². The third-order valence-corrected chi connectivity index (χ3v) is 3.79. The van der Waals surface area contributed by atoms with Crippen molar-refractivity contribution in [1.82, 2.24) is 15.1 Å². The second-order valence-corrected chi connectivity index (χ2v) is 4.66. The normalized spacial score (nSPS) is 19.5. The third-order valence-electron chi connectivity index (χ3n) is 3.79. The summed E-state index contributed by atoms with van der Waals surface area (Å²) in [5.74, 6) is 0.576. The standard InChI is InChI=1S/C14H17N3/c1-15-14(13-7-8-16-17(13)2)12-9-10-5-3-4-6-11(10)12/h3-8,12,14-15H,9H2,1-2H3. The van der Waals surface area contributed by atoms with E-state index in [2.05, 4.69) is 40.7 Å². The molecule has 1 aliphatic rings. The molecule has 1 aromatic carbocycles. The van der Waals surface area contributed by atoms with E-state index < -0.39 is 0 Å². The smallest absolute Gasteiger partial charge is 0.0562 e. The number of hydrogen-bond donors (Lipinski definition) is 1. The van der Waals surface area contributed by atoms with Crippen LogP contribution in [-0.4, -0.2) is 16.8 Å². The van der Waals surface area contributed by atoms with Gasteiger partial charge in [0.2, 0.25) is 0 Å². The molecule has 3 heteroatoms. The zero-order chi connectivity index (χ0) is 11.8. The minimum atomic E-state index is 0.359. The number of benzene rings is 1. The highest BCUT2D eigenvalue weighted by molar-refractivity contribution is 5.42. The minimum absolute atomic E-state index is 0.359. The van der Waals surface area contributed by atoms with Gasteiger partial charge in [0, 0.05) is 19.2 Å². The first-order valence-corrected chi connectivity index (χ1v) is 6.04. The van der Waals surface area contributed by atoms with Crippen LogP contribution in [0.3, 0.4) is 0 Å². The number of aromatic nitrogens is 2. The highest BCUT2D eigenvalue weighted by Gasteiger charge is 2.33. The van der Waals surface area contributed by atoms with Gasteiger partial charge < -0.3 is 5.32 Å². The summed E-state index contributed by atoms with van der Waals surface area (Å²) in [5, 5.41) is 7.69. The molecule has 0 spiro atoms. The van der Waals surface area contributed by atoms with Crippen LogP contribution in [0.4, 0.5) is 0 Å². The Bertz CT molecular complexity index is 530. The molecule has 2 atom stereocenters. The van der Waals surface area contributed by atoms with Crippen molar-refractivity contribution >= 4 is 0 Å². The van der Waals surface area contributed by atoms with E-state index in [9.17, 15) is 0 Å². The number of fused-ring (bicyclic) bond motifs is 1. The van der Waals surface area contributed by atoms with Gasteiger partial charge in [0.05, 0.1) is 11.7 Å². The van der Waals surface area contributed by atoms with Gasteiger partial charge in [0.1, 0.15) is 0 Å². The van der Waals surface area contributed by atoms with Gasteiger partial charge in [-0.15, -0.1) is 0 Å². The molecule has 0 aliphatic heterocycles. The molecule has 1 heterocycles. The molecular formula is C14H17N3. The number of aryl methyl sites for hydroxylation is 1. The second-order valence-electron chi connectivity index (χ2n) is 4.66. The van der Waals surface area contributed by atoms with E-state index in [1.165, 1.54) is 16.8 Å². The van der Waals surface area contributed by atoms with E-state index in [1.54, 1.807) is 0 Å². The maximum absolute atomic E-state index is 4.26. The molecule has 2 aromatic rings. The average molecular weight is 227 g/mol. The van der Waals surface area contributed by atoms with Crippen LogP contribution in [0.2, 0.25) is 0 Å². The molecule has 0 bridgehead atoms. The van der Waals surface area contributed by atoms with E-state index in [0.717, 1.165) is 6.42 Å². The molecule has 0 radical (unpaired) electrons. The van der Waals surface area contributed by atoms with Crippen molar-refractivity contribution in [1.29, 1.82) is 0 Å².